The third-order valence-corrected chi connectivity index (χ3v) is 4.77. The highest BCUT2D eigenvalue weighted by molar-refractivity contribution is 7.09. The Kier molecular flexibility index (Phi) is 3.98. The number of benzene rings is 1. The monoisotopic (exact) mass is 313 g/mol. The third kappa shape index (κ3) is 2.90. The van der Waals surface area contributed by atoms with Gasteiger partial charge in [0.1, 0.15) is 12.4 Å². The van der Waals surface area contributed by atoms with Crippen molar-refractivity contribution in [2.45, 2.75) is 33.9 Å². The maximum absolute atomic E-state index is 12.2. The van der Waals surface area contributed by atoms with Crippen molar-refractivity contribution in [2.75, 3.05) is 0 Å². The smallest absolute Gasteiger partial charge is 0.240 e. The largest absolute Gasteiger partial charge is 0.350 e. The number of amides is 1. The van der Waals surface area contributed by atoms with E-state index < -0.39 is 0 Å². The number of aryl methyl sites for hydroxylation is 3. The van der Waals surface area contributed by atoms with Crippen molar-refractivity contribution in [1.29, 1.82) is 0 Å². The molecule has 0 spiro atoms. The molecule has 1 amide bonds. The van der Waals surface area contributed by atoms with Crippen LogP contribution >= 0.6 is 11.3 Å². The Hall–Kier alpha value is -2.14. The number of nitrogens with one attached hydrogen (secondary N) is 1. The highest BCUT2D eigenvalue weighted by Crippen LogP contribution is 2.20. The highest BCUT2D eigenvalue weighted by atomic mass is 32.1. The van der Waals surface area contributed by atoms with Gasteiger partial charge in [-0.2, -0.15) is 0 Å². The summed E-state index contributed by atoms with van der Waals surface area (Å²) in [5.41, 5.74) is 4.41. The lowest BCUT2D eigenvalue weighted by Crippen LogP contribution is -2.27. The fourth-order valence-electron chi connectivity index (χ4n) is 2.50. The second kappa shape index (κ2) is 5.93. The van der Waals surface area contributed by atoms with Gasteiger partial charge in [-0.05, 0) is 55.5 Å². The minimum absolute atomic E-state index is 0.00836. The van der Waals surface area contributed by atoms with Gasteiger partial charge in [-0.3, -0.25) is 4.79 Å². The summed E-state index contributed by atoms with van der Waals surface area (Å²) in [5, 5.41) is 4.98. The van der Waals surface area contributed by atoms with Crippen molar-refractivity contribution in [3.05, 3.63) is 51.5 Å². The fraction of sp³-hybridized carbons (Fsp3) is 0.294. The Morgan fingerprint density at radius 3 is 2.77 bits per heavy atom. The molecule has 0 fully saturated rings. The molecule has 0 saturated carbocycles. The zero-order valence-corrected chi connectivity index (χ0v) is 13.8. The topological polar surface area (TPSA) is 46.9 Å². The van der Waals surface area contributed by atoms with Crippen LogP contribution in [0.4, 0.5) is 0 Å². The van der Waals surface area contributed by atoms with Gasteiger partial charge in [0.05, 0.1) is 17.6 Å². The van der Waals surface area contributed by atoms with E-state index >= 15 is 0 Å². The van der Waals surface area contributed by atoms with Crippen molar-refractivity contribution in [3.8, 4) is 0 Å². The van der Waals surface area contributed by atoms with Crippen LogP contribution in [0.1, 0.15) is 21.8 Å². The van der Waals surface area contributed by atoms with Gasteiger partial charge in [-0.1, -0.05) is 6.07 Å². The number of hydrogen-bond donors (Lipinski definition) is 1. The average Bonchev–Trinajstić information content (AvgIpc) is 3.08. The molecule has 0 unspecified atom stereocenters. The zero-order chi connectivity index (χ0) is 15.7. The standard InChI is InChI=1S/C17H19N3OS/c1-11-7-15-16(8-12(11)2)20(13(3)19-15)10-17(21)18-9-14-5-4-6-22-14/h4-8H,9-10H2,1-3H3,(H,18,21). The summed E-state index contributed by atoms with van der Waals surface area (Å²) in [4.78, 5) is 17.9. The van der Waals surface area contributed by atoms with Crippen LogP contribution < -0.4 is 5.32 Å². The SMILES string of the molecule is Cc1cc2nc(C)n(CC(=O)NCc3cccs3)c2cc1C. The van der Waals surface area contributed by atoms with Crippen molar-refractivity contribution < 1.29 is 4.79 Å². The number of thiophene rings is 1. The van der Waals surface area contributed by atoms with Crippen LogP contribution in [0, 0.1) is 20.8 Å². The van der Waals surface area contributed by atoms with Crippen molar-refractivity contribution in [2.24, 2.45) is 0 Å². The molecule has 4 nitrogen and oxygen atoms in total. The Balaban J connectivity index is 1.79. The van der Waals surface area contributed by atoms with Gasteiger partial charge in [-0.25, -0.2) is 4.98 Å². The molecule has 0 aliphatic carbocycles. The summed E-state index contributed by atoms with van der Waals surface area (Å²) >= 11 is 1.65. The predicted octanol–water partition coefficient (Wildman–Crippen LogP) is 3.34. The maximum atomic E-state index is 12.2. The van der Waals surface area contributed by atoms with Crippen molar-refractivity contribution in [3.63, 3.8) is 0 Å². The quantitative estimate of drug-likeness (QED) is 0.803. The first-order valence-electron chi connectivity index (χ1n) is 7.28. The number of carbonyl (C=O) groups excluding carboxylic acids is 1. The molecular weight excluding hydrogens is 294 g/mol. The number of rotatable bonds is 4. The van der Waals surface area contributed by atoms with Crippen LogP contribution in [0.15, 0.2) is 29.6 Å². The van der Waals surface area contributed by atoms with E-state index in [1.165, 1.54) is 11.1 Å². The number of imidazole rings is 1. The molecule has 5 heteroatoms. The molecule has 0 atom stereocenters. The van der Waals surface area contributed by atoms with Gasteiger partial charge in [0.25, 0.3) is 0 Å². The molecular formula is C17H19N3OS. The summed E-state index contributed by atoms with van der Waals surface area (Å²) < 4.78 is 1.98. The first-order chi connectivity index (χ1) is 10.5. The van der Waals surface area contributed by atoms with E-state index in [4.69, 9.17) is 0 Å². The molecule has 3 aromatic rings. The Labute approximate surface area is 133 Å². The minimum Gasteiger partial charge on any atom is -0.350 e. The van der Waals surface area contributed by atoms with E-state index in [1.54, 1.807) is 11.3 Å². The summed E-state index contributed by atoms with van der Waals surface area (Å²) in [6.45, 7) is 6.99. The van der Waals surface area contributed by atoms with Crippen LogP contribution in [0.3, 0.4) is 0 Å². The lowest BCUT2D eigenvalue weighted by molar-refractivity contribution is -0.121. The Bertz CT molecular complexity index is 818. The van der Waals surface area contributed by atoms with Crippen molar-refractivity contribution in [1.82, 2.24) is 14.9 Å². The summed E-state index contributed by atoms with van der Waals surface area (Å²) in [7, 11) is 0. The van der Waals surface area contributed by atoms with E-state index in [1.807, 2.05) is 29.0 Å². The fourth-order valence-corrected chi connectivity index (χ4v) is 3.14. The molecule has 1 aromatic carbocycles. The van der Waals surface area contributed by atoms with E-state index in [9.17, 15) is 4.79 Å². The third-order valence-electron chi connectivity index (χ3n) is 3.90. The molecule has 0 aliphatic rings. The van der Waals surface area contributed by atoms with Gasteiger partial charge < -0.3 is 9.88 Å². The first-order valence-corrected chi connectivity index (χ1v) is 8.15. The zero-order valence-electron chi connectivity index (χ0n) is 13.0. The van der Waals surface area contributed by atoms with Gasteiger partial charge in [0, 0.05) is 4.88 Å². The molecule has 0 aliphatic heterocycles. The number of nitrogens with zero attached hydrogens (tertiary/aromatic N) is 2. The van der Waals surface area contributed by atoms with E-state index in [-0.39, 0.29) is 5.91 Å². The predicted molar refractivity (Wildman–Crippen MR) is 90.1 cm³/mol. The molecule has 114 valence electrons. The summed E-state index contributed by atoms with van der Waals surface area (Å²) in [6, 6.07) is 8.20. The molecule has 0 bridgehead atoms. The number of aromatic nitrogens is 2. The second-order valence-electron chi connectivity index (χ2n) is 5.53. The van der Waals surface area contributed by atoms with Crippen LogP contribution in [-0.2, 0) is 17.9 Å². The Morgan fingerprint density at radius 2 is 2.05 bits per heavy atom. The summed E-state index contributed by atoms with van der Waals surface area (Å²) in [5.74, 6) is 0.875. The average molecular weight is 313 g/mol. The van der Waals surface area contributed by atoms with E-state index in [0.29, 0.717) is 13.1 Å². The molecule has 22 heavy (non-hydrogen) atoms. The van der Waals surface area contributed by atoms with Gasteiger partial charge in [0.15, 0.2) is 0 Å². The molecule has 3 rings (SSSR count). The van der Waals surface area contributed by atoms with Crippen LogP contribution in [0.25, 0.3) is 11.0 Å². The Morgan fingerprint density at radius 1 is 1.27 bits per heavy atom. The van der Waals surface area contributed by atoms with Gasteiger partial charge >= 0.3 is 0 Å². The lowest BCUT2D eigenvalue weighted by Gasteiger charge is -2.08. The first kappa shape index (κ1) is 14.8. The van der Waals surface area contributed by atoms with Crippen LogP contribution in [0.5, 0.6) is 0 Å². The second-order valence-corrected chi connectivity index (χ2v) is 6.56. The molecule has 2 heterocycles. The molecule has 0 saturated heterocycles. The maximum Gasteiger partial charge on any atom is 0.240 e. The van der Waals surface area contributed by atoms with E-state index in [0.717, 1.165) is 21.7 Å². The normalized spacial score (nSPS) is 11.0. The van der Waals surface area contributed by atoms with Gasteiger partial charge in [0.2, 0.25) is 5.91 Å². The van der Waals surface area contributed by atoms with Gasteiger partial charge in [-0.15, -0.1) is 11.3 Å². The van der Waals surface area contributed by atoms with Crippen LogP contribution in [-0.4, -0.2) is 15.5 Å². The lowest BCUT2D eigenvalue weighted by atomic mass is 10.1. The van der Waals surface area contributed by atoms with Crippen LogP contribution in [0.2, 0.25) is 0 Å². The summed E-state index contributed by atoms with van der Waals surface area (Å²) in [6.07, 6.45) is 0. The number of hydrogen-bond acceptors (Lipinski definition) is 3. The molecule has 2 aromatic heterocycles. The van der Waals surface area contributed by atoms with Crippen molar-refractivity contribution >= 4 is 28.3 Å². The minimum atomic E-state index is 0.00836. The number of fused-ring (bicyclic) bond motifs is 1. The van der Waals surface area contributed by atoms with E-state index in [2.05, 4.69) is 36.3 Å². The number of carbonyl (C=O) groups is 1. The molecule has 1 N–H and O–H groups in total. The highest BCUT2D eigenvalue weighted by Gasteiger charge is 2.12. The molecule has 0 radical (unpaired) electrons.